The molecule has 2 aromatic carbocycles. The van der Waals surface area contributed by atoms with Crippen molar-refractivity contribution in [2.45, 2.75) is 25.7 Å². The Kier molecular flexibility index (Phi) is 8.08. The zero-order chi connectivity index (χ0) is 17.6. The first-order chi connectivity index (χ1) is 12.2. The molecule has 1 atom stereocenters. The maximum Gasteiger partial charge on any atom is 0.126 e. The van der Waals surface area contributed by atoms with Gasteiger partial charge in [0.05, 0.1) is 13.7 Å². The minimum Gasteiger partial charge on any atom is -0.497 e. The summed E-state index contributed by atoms with van der Waals surface area (Å²) >= 11 is 6.09. The van der Waals surface area contributed by atoms with Crippen LogP contribution in [0.15, 0.2) is 42.5 Å². The van der Waals surface area contributed by atoms with Gasteiger partial charge in [-0.15, -0.1) is 12.4 Å². The molecule has 1 unspecified atom stereocenters. The molecule has 0 saturated carbocycles. The fourth-order valence-electron chi connectivity index (χ4n) is 3.43. The van der Waals surface area contributed by atoms with Crippen LogP contribution < -0.4 is 9.47 Å². The van der Waals surface area contributed by atoms with Gasteiger partial charge in [-0.3, -0.25) is 0 Å². The van der Waals surface area contributed by atoms with Gasteiger partial charge in [-0.25, -0.2) is 0 Å². The van der Waals surface area contributed by atoms with Gasteiger partial charge in [0.2, 0.25) is 0 Å². The highest BCUT2D eigenvalue weighted by atomic mass is 35.5. The highest BCUT2D eigenvalue weighted by Gasteiger charge is 2.23. The van der Waals surface area contributed by atoms with Gasteiger partial charge >= 0.3 is 0 Å². The van der Waals surface area contributed by atoms with E-state index in [0.29, 0.717) is 5.92 Å². The van der Waals surface area contributed by atoms with Crippen molar-refractivity contribution in [2.75, 3.05) is 33.4 Å². The number of ether oxygens (including phenoxy) is 2. The fourth-order valence-corrected chi connectivity index (χ4v) is 3.64. The van der Waals surface area contributed by atoms with Crippen LogP contribution in [0.5, 0.6) is 11.5 Å². The number of nitrogens with zero attached hydrogens (tertiary/aromatic N) is 1. The summed E-state index contributed by atoms with van der Waals surface area (Å²) in [5.41, 5.74) is 2.59. The van der Waals surface area contributed by atoms with Crippen LogP contribution in [0.1, 0.15) is 30.4 Å². The average molecular weight is 396 g/mol. The van der Waals surface area contributed by atoms with E-state index in [1.165, 1.54) is 11.1 Å². The molecule has 142 valence electrons. The Morgan fingerprint density at radius 3 is 2.81 bits per heavy atom. The van der Waals surface area contributed by atoms with Crippen molar-refractivity contribution in [3.63, 3.8) is 0 Å². The second-order valence-electron chi connectivity index (χ2n) is 6.51. The summed E-state index contributed by atoms with van der Waals surface area (Å²) in [5, 5.41) is 0.813. The third-order valence-electron chi connectivity index (χ3n) is 4.92. The van der Waals surface area contributed by atoms with Gasteiger partial charge < -0.3 is 14.4 Å². The fraction of sp³-hybridized carbons (Fsp3) is 0.429. The Balaban J connectivity index is 0.00000243. The van der Waals surface area contributed by atoms with Crippen LogP contribution in [-0.2, 0) is 6.42 Å². The van der Waals surface area contributed by atoms with Crippen molar-refractivity contribution in [1.82, 2.24) is 4.90 Å². The standard InChI is InChI=1S/C21H26ClNO2.ClH/c1-3-23(11-9-16-5-4-6-18(22)13-16)15-17-10-12-25-21-14-19(24-2)7-8-20(17)21;/h4-8,13-14,17H,3,9-12,15H2,1-2H3;1H. The summed E-state index contributed by atoms with van der Waals surface area (Å²) in [5.74, 6) is 2.34. The first kappa shape index (κ1) is 20.9. The summed E-state index contributed by atoms with van der Waals surface area (Å²) in [6.45, 7) is 6.14. The van der Waals surface area contributed by atoms with E-state index in [1.807, 2.05) is 24.3 Å². The van der Waals surface area contributed by atoms with E-state index in [4.69, 9.17) is 21.1 Å². The monoisotopic (exact) mass is 395 g/mol. The Hall–Kier alpha value is -1.42. The first-order valence-electron chi connectivity index (χ1n) is 8.97. The normalized spacial score (nSPS) is 15.8. The van der Waals surface area contributed by atoms with Gasteiger partial charge in [0.1, 0.15) is 11.5 Å². The Labute approximate surface area is 167 Å². The molecule has 3 nitrogen and oxygen atoms in total. The van der Waals surface area contributed by atoms with Crippen molar-refractivity contribution < 1.29 is 9.47 Å². The van der Waals surface area contributed by atoms with Crippen molar-refractivity contribution in [3.8, 4) is 11.5 Å². The van der Waals surface area contributed by atoms with Crippen molar-refractivity contribution in [1.29, 1.82) is 0 Å². The largest absolute Gasteiger partial charge is 0.497 e. The molecule has 0 radical (unpaired) electrons. The third-order valence-corrected chi connectivity index (χ3v) is 5.15. The number of hydrogen-bond donors (Lipinski definition) is 0. The van der Waals surface area contributed by atoms with E-state index in [-0.39, 0.29) is 12.4 Å². The average Bonchev–Trinajstić information content (AvgIpc) is 2.64. The molecule has 26 heavy (non-hydrogen) atoms. The van der Waals surface area contributed by atoms with E-state index in [0.717, 1.165) is 55.6 Å². The molecule has 1 aliphatic heterocycles. The van der Waals surface area contributed by atoms with Crippen molar-refractivity contribution >= 4 is 24.0 Å². The molecule has 0 N–H and O–H groups in total. The summed E-state index contributed by atoms with van der Waals surface area (Å²) in [4.78, 5) is 2.52. The number of fused-ring (bicyclic) bond motifs is 1. The lowest BCUT2D eigenvalue weighted by Gasteiger charge is -2.31. The van der Waals surface area contributed by atoms with Crippen LogP contribution in [0.3, 0.4) is 0 Å². The lowest BCUT2D eigenvalue weighted by molar-refractivity contribution is 0.217. The van der Waals surface area contributed by atoms with E-state index in [1.54, 1.807) is 7.11 Å². The molecule has 5 heteroatoms. The van der Waals surface area contributed by atoms with E-state index >= 15 is 0 Å². The molecular weight excluding hydrogens is 369 g/mol. The van der Waals surface area contributed by atoms with E-state index in [2.05, 4.69) is 30.0 Å². The number of likely N-dealkylation sites (N-methyl/N-ethyl adjacent to an activating group) is 1. The van der Waals surface area contributed by atoms with Crippen LogP contribution in [0, 0.1) is 0 Å². The number of halogens is 2. The van der Waals surface area contributed by atoms with Crippen molar-refractivity contribution in [2.24, 2.45) is 0 Å². The molecule has 1 aliphatic rings. The maximum absolute atomic E-state index is 6.09. The smallest absolute Gasteiger partial charge is 0.126 e. The van der Waals surface area contributed by atoms with Crippen molar-refractivity contribution in [3.05, 3.63) is 58.6 Å². The molecule has 0 aliphatic carbocycles. The SMILES string of the molecule is CCN(CCc1cccc(Cl)c1)CC1CCOc2cc(OC)ccc21.Cl. The maximum atomic E-state index is 6.09. The molecule has 0 aromatic heterocycles. The summed E-state index contributed by atoms with van der Waals surface area (Å²) in [6.07, 6.45) is 2.08. The molecule has 1 heterocycles. The molecule has 2 aromatic rings. The Morgan fingerprint density at radius 1 is 1.23 bits per heavy atom. The predicted octanol–water partition coefficient (Wildman–Crippen LogP) is 5.20. The Morgan fingerprint density at radius 2 is 2.08 bits per heavy atom. The van der Waals surface area contributed by atoms with Gasteiger partial charge in [0.25, 0.3) is 0 Å². The minimum atomic E-state index is 0. The molecule has 0 spiro atoms. The molecule has 0 saturated heterocycles. The molecule has 3 rings (SSSR count). The minimum absolute atomic E-state index is 0. The number of methoxy groups -OCH3 is 1. The van der Waals surface area contributed by atoms with Crippen LogP contribution in [0.2, 0.25) is 5.02 Å². The van der Waals surface area contributed by atoms with Crippen LogP contribution in [0.25, 0.3) is 0 Å². The highest BCUT2D eigenvalue weighted by molar-refractivity contribution is 6.30. The van der Waals surface area contributed by atoms with Gasteiger partial charge in [-0.05, 0) is 48.7 Å². The highest BCUT2D eigenvalue weighted by Crippen LogP contribution is 2.36. The Bertz CT molecular complexity index is 708. The van der Waals surface area contributed by atoms with Gasteiger partial charge in [-0.1, -0.05) is 36.7 Å². The summed E-state index contributed by atoms with van der Waals surface area (Å²) in [7, 11) is 1.69. The lowest BCUT2D eigenvalue weighted by Crippen LogP contribution is -2.32. The summed E-state index contributed by atoms with van der Waals surface area (Å²) < 4.78 is 11.2. The second-order valence-corrected chi connectivity index (χ2v) is 6.95. The van der Waals surface area contributed by atoms with Crippen LogP contribution in [-0.4, -0.2) is 38.3 Å². The molecule has 0 fully saturated rings. The zero-order valence-electron chi connectivity index (χ0n) is 15.4. The van der Waals surface area contributed by atoms with E-state index < -0.39 is 0 Å². The predicted molar refractivity (Wildman–Crippen MR) is 110 cm³/mol. The lowest BCUT2D eigenvalue weighted by atomic mass is 9.92. The van der Waals surface area contributed by atoms with E-state index in [9.17, 15) is 0 Å². The number of hydrogen-bond acceptors (Lipinski definition) is 3. The van der Waals surface area contributed by atoms with Crippen LogP contribution in [0.4, 0.5) is 0 Å². The van der Waals surface area contributed by atoms with Crippen LogP contribution >= 0.6 is 24.0 Å². The molecule has 0 amide bonds. The van der Waals surface area contributed by atoms with Gasteiger partial charge in [-0.2, -0.15) is 0 Å². The number of benzene rings is 2. The number of rotatable bonds is 7. The quantitative estimate of drug-likeness (QED) is 0.642. The zero-order valence-corrected chi connectivity index (χ0v) is 17.0. The second kappa shape index (κ2) is 10.1. The molecular formula is C21H27Cl2NO2. The molecule has 0 bridgehead atoms. The topological polar surface area (TPSA) is 21.7 Å². The summed E-state index contributed by atoms with van der Waals surface area (Å²) in [6, 6.07) is 14.3. The third kappa shape index (κ3) is 5.29. The first-order valence-corrected chi connectivity index (χ1v) is 9.35. The van der Waals surface area contributed by atoms with Gasteiger partial charge in [0.15, 0.2) is 0 Å². The van der Waals surface area contributed by atoms with Gasteiger partial charge in [0, 0.05) is 30.1 Å².